The number of nitrogens with zero attached hydrogens (tertiary/aromatic N) is 4. The van der Waals surface area contributed by atoms with E-state index in [1.54, 1.807) is 4.80 Å². The summed E-state index contributed by atoms with van der Waals surface area (Å²) in [4.78, 5) is 1.66. The highest BCUT2D eigenvalue weighted by Gasteiger charge is 2.20. The lowest BCUT2D eigenvalue weighted by atomic mass is 10.2. The first-order valence-corrected chi connectivity index (χ1v) is 6.25. The molecule has 0 N–H and O–H groups in total. The molecule has 0 bridgehead atoms. The van der Waals surface area contributed by atoms with Crippen LogP contribution in [-0.2, 0) is 4.74 Å². The Hall–Kier alpha value is -1.27. The van der Waals surface area contributed by atoms with Gasteiger partial charge in [0.25, 0.3) is 0 Å². The molecule has 5 nitrogen and oxygen atoms in total. The summed E-state index contributed by atoms with van der Waals surface area (Å²) in [6, 6.07) is 8.10. The van der Waals surface area contributed by atoms with E-state index in [0.717, 1.165) is 23.1 Å². The van der Waals surface area contributed by atoms with Crippen molar-refractivity contribution in [1.82, 2.24) is 20.2 Å². The van der Waals surface area contributed by atoms with E-state index in [0.29, 0.717) is 12.4 Å². The fourth-order valence-electron chi connectivity index (χ4n) is 1.80. The van der Waals surface area contributed by atoms with E-state index in [4.69, 9.17) is 4.74 Å². The van der Waals surface area contributed by atoms with Crippen LogP contribution in [0.4, 0.5) is 0 Å². The average molecular weight is 295 g/mol. The predicted molar refractivity (Wildman–Crippen MR) is 65.4 cm³/mol. The zero-order chi connectivity index (χ0) is 11.7. The minimum absolute atomic E-state index is 0.228. The second-order valence-corrected chi connectivity index (χ2v) is 4.87. The van der Waals surface area contributed by atoms with Gasteiger partial charge in [-0.15, -0.1) is 10.2 Å². The summed E-state index contributed by atoms with van der Waals surface area (Å²) in [7, 11) is 0. The molecular weight excluding hydrogens is 284 g/mol. The molecule has 2 aromatic rings. The number of ether oxygens (including phenoxy) is 1. The molecule has 1 aliphatic rings. The molecule has 0 unspecified atom stereocenters. The van der Waals surface area contributed by atoms with E-state index >= 15 is 0 Å². The molecule has 0 saturated carbocycles. The quantitative estimate of drug-likeness (QED) is 0.851. The molecule has 1 aliphatic heterocycles. The van der Waals surface area contributed by atoms with Crippen LogP contribution in [0.15, 0.2) is 28.7 Å². The number of hydrogen-bond donors (Lipinski definition) is 0. The fourth-order valence-corrected chi connectivity index (χ4v) is 2.06. The maximum Gasteiger partial charge on any atom is 0.204 e. The van der Waals surface area contributed by atoms with Crippen LogP contribution in [0.2, 0.25) is 0 Å². The van der Waals surface area contributed by atoms with Crippen molar-refractivity contribution in [3.8, 4) is 11.4 Å². The van der Waals surface area contributed by atoms with Crippen LogP contribution in [0.25, 0.3) is 11.4 Å². The van der Waals surface area contributed by atoms with Gasteiger partial charge in [-0.2, -0.15) is 4.80 Å². The van der Waals surface area contributed by atoms with Gasteiger partial charge in [0.15, 0.2) is 0 Å². The molecule has 0 spiro atoms. The normalized spacial score (nSPS) is 19.7. The van der Waals surface area contributed by atoms with Crippen molar-refractivity contribution >= 4 is 15.9 Å². The first-order valence-electron chi connectivity index (χ1n) is 5.46. The minimum Gasteiger partial charge on any atom is -0.379 e. The third-order valence-electron chi connectivity index (χ3n) is 2.76. The average Bonchev–Trinajstić information content (AvgIpc) is 3.00. The Labute approximate surface area is 107 Å². The third kappa shape index (κ3) is 2.23. The van der Waals surface area contributed by atoms with Crippen LogP contribution >= 0.6 is 15.9 Å². The lowest BCUT2D eigenvalue weighted by Crippen LogP contribution is -2.12. The topological polar surface area (TPSA) is 52.8 Å². The second-order valence-electron chi connectivity index (χ2n) is 3.96. The molecule has 1 saturated heterocycles. The summed E-state index contributed by atoms with van der Waals surface area (Å²) < 4.78 is 6.35. The maximum atomic E-state index is 5.31. The van der Waals surface area contributed by atoms with Crippen molar-refractivity contribution in [2.24, 2.45) is 0 Å². The van der Waals surface area contributed by atoms with Crippen LogP contribution in [0.1, 0.15) is 12.5 Å². The Kier molecular flexibility index (Phi) is 2.90. The van der Waals surface area contributed by atoms with E-state index < -0.39 is 0 Å². The lowest BCUT2D eigenvalue weighted by Gasteiger charge is -2.03. The highest BCUT2D eigenvalue weighted by Crippen LogP contribution is 2.20. The monoisotopic (exact) mass is 294 g/mol. The van der Waals surface area contributed by atoms with Gasteiger partial charge in [-0.1, -0.05) is 15.9 Å². The number of benzene rings is 1. The van der Waals surface area contributed by atoms with Gasteiger partial charge in [0.05, 0.1) is 12.6 Å². The van der Waals surface area contributed by atoms with Gasteiger partial charge in [-0.3, -0.25) is 0 Å². The molecule has 3 rings (SSSR count). The van der Waals surface area contributed by atoms with Gasteiger partial charge < -0.3 is 4.74 Å². The zero-order valence-corrected chi connectivity index (χ0v) is 10.7. The molecule has 1 aromatic carbocycles. The van der Waals surface area contributed by atoms with Crippen molar-refractivity contribution in [3.63, 3.8) is 0 Å². The Morgan fingerprint density at radius 2 is 2.12 bits per heavy atom. The Morgan fingerprint density at radius 3 is 2.82 bits per heavy atom. The number of tetrazole rings is 1. The summed E-state index contributed by atoms with van der Waals surface area (Å²) >= 11 is 3.40. The van der Waals surface area contributed by atoms with Gasteiger partial charge in [-0.25, -0.2) is 0 Å². The molecule has 0 amide bonds. The van der Waals surface area contributed by atoms with Crippen molar-refractivity contribution < 1.29 is 4.74 Å². The Bertz CT molecular complexity index is 504. The second kappa shape index (κ2) is 4.54. The number of halogens is 1. The summed E-state index contributed by atoms with van der Waals surface area (Å²) in [5.74, 6) is 0.657. The van der Waals surface area contributed by atoms with E-state index in [1.165, 1.54) is 0 Å². The van der Waals surface area contributed by atoms with Crippen LogP contribution in [0.3, 0.4) is 0 Å². The summed E-state index contributed by atoms with van der Waals surface area (Å²) in [6.45, 7) is 1.45. The molecule has 6 heteroatoms. The predicted octanol–water partition coefficient (Wildman–Crippen LogP) is 2.06. The van der Waals surface area contributed by atoms with Gasteiger partial charge in [0.2, 0.25) is 5.82 Å². The zero-order valence-electron chi connectivity index (χ0n) is 9.08. The van der Waals surface area contributed by atoms with Gasteiger partial charge >= 0.3 is 0 Å². The standard InChI is InChI=1S/C11H11BrN4O/c12-9-3-1-8(2-4-9)11-13-15-16(14-11)10-5-6-17-7-10/h1-4,10H,5-7H2/t10-/m0/s1. The first-order chi connectivity index (χ1) is 8.33. The summed E-state index contributed by atoms with van der Waals surface area (Å²) in [5.41, 5.74) is 0.971. The van der Waals surface area contributed by atoms with Crippen LogP contribution < -0.4 is 0 Å². The molecular formula is C11H11BrN4O. The molecule has 1 aromatic heterocycles. The lowest BCUT2D eigenvalue weighted by molar-refractivity contribution is 0.181. The molecule has 0 aliphatic carbocycles. The first kappa shape index (κ1) is 10.9. The van der Waals surface area contributed by atoms with Gasteiger partial charge in [-0.05, 0) is 35.9 Å². The van der Waals surface area contributed by atoms with Crippen molar-refractivity contribution in [3.05, 3.63) is 28.7 Å². The van der Waals surface area contributed by atoms with E-state index in [9.17, 15) is 0 Å². The molecule has 2 heterocycles. The number of hydrogen-bond acceptors (Lipinski definition) is 4. The highest BCUT2D eigenvalue weighted by molar-refractivity contribution is 9.10. The van der Waals surface area contributed by atoms with Crippen LogP contribution in [0.5, 0.6) is 0 Å². The largest absolute Gasteiger partial charge is 0.379 e. The van der Waals surface area contributed by atoms with Gasteiger partial charge in [0.1, 0.15) is 0 Å². The number of rotatable bonds is 2. The van der Waals surface area contributed by atoms with E-state index in [2.05, 4.69) is 31.3 Å². The smallest absolute Gasteiger partial charge is 0.204 e. The minimum atomic E-state index is 0.228. The molecule has 17 heavy (non-hydrogen) atoms. The van der Waals surface area contributed by atoms with Crippen molar-refractivity contribution in [2.75, 3.05) is 13.2 Å². The van der Waals surface area contributed by atoms with Crippen LogP contribution in [-0.4, -0.2) is 33.4 Å². The molecule has 88 valence electrons. The summed E-state index contributed by atoms with van der Waals surface area (Å²) in [5, 5.41) is 12.5. The van der Waals surface area contributed by atoms with Crippen LogP contribution in [0, 0.1) is 0 Å². The molecule has 1 atom stereocenters. The molecule has 0 radical (unpaired) electrons. The van der Waals surface area contributed by atoms with E-state index in [-0.39, 0.29) is 6.04 Å². The van der Waals surface area contributed by atoms with E-state index in [1.807, 2.05) is 24.3 Å². The van der Waals surface area contributed by atoms with Gasteiger partial charge in [0, 0.05) is 16.6 Å². The Balaban J connectivity index is 1.86. The third-order valence-corrected chi connectivity index (χ3v) is 3.29. The van der Waals surface area contributed by atoms with Crippen molar-refractivity contribution in [1.29, 1.82) is 0 Å². The molecule has 1 fully saturated rings. The van der Waals surface area contributed by atoms with Crippen molar-refractivity contribution in [2.45, 2.75) is 12.5 Å². The highest BCUT2D eigenvalue weighted by atomic mass is 79.9. The SMILES string of the molecule is Brc1ccc(-c2nnn([C@H]3CCOC3)n2)cc1. The maximum absolute atomic E-state index is 5.31. The fraction of sp³-hybridized carbons (Fsp3) is 0.364. The Morgan fingerprint density at radius 1 is 1.29 bits per heavy atom. The summed E-state index contributed by atoms with van der Waals surface area (Å²) in [6.07, 6.45) is 0.955. The number of aromatic nitrogens is 4.